The molecular weight excluding hydrogens is 249 g/mol. The Morgan fingerprint density at radius 1 is 1.39 bits per heavy atom. The third-order valence-corrected chi connectivity index (χ3v) is 5.36. The molecule has 18 heavy (non-hydrogen) atoms. The van der Waals surface area contributed by atoms with E-state index in [1.165, 1.54) is 25.7 Å². The summed E-state index contributed by atoms with van der Waals surface area (Å²) in [4.78, 5) is 0. The Kier molecular flexibility index (Phi) is 3.11. The number of halogens is 2. The lowest BCUT2D eigenvalue weighted by Gasteiger charge is -2.37. The normalized spacial score (nSPS) is 34.2. The average Bonchev–Trinajstić information content (AvgIpc) is 2.94. The third kappa shape index (κ3) is 1.96. The van der Waals surface area contributed by atoms with Gasteiger partial charge in [0.2, 0.25) is 0 Å². The Morgan fingerprint density at radius 2 is 2.22 bits per heavy atom. The molecule has 2 fully saturated rings. The van der Waals surface area contributed by atoms with Gasteiger partial charge in [-0.15, -0.1) is 0 Å². The molecule has 2 saturated carbocycles. The summed E-state index contributed by atoms with van der Waals surface area (Å²) in [6, 6.07) is 5.17. The summed E-state index contributed by atoms with van der Waals surface area (Å²) in [6.07, 6.45) is 6.11. The standard InChI is InChI=1S/C15H19ClFN/c16-13-4-2-11(6-14(13)17)8-15(9-18)7-10-1-3-12(15)5-10/h2,4,6,10,12H,1,3,5,7-9,18H2. The zero-order chi connectivity index (χ0) is 12.8. The summed E-state index contributed by atoms with van der Waals surface area (Å²) in [5.41, 5.74) is 7.30. The van der Waals surface area contributed by atoms with Crippen molar-refractivity contribution in [3.63, 3.8) is 0 Å². The number of hydrogen-bond donors (Lipinski definition) is 1. The molecule has 98 valence electrons. The minimum atomic E-state index is -0.315. The summed E-state index contributed by atoms with van der Waals surface area (Å²) in [7, 11) is 0. The van der Waals surface area contributed by atoms with Crippen LogP contribution in [-0.2, 0) is 6.42 Å². The first-order valence-corrected chi connectivity index (χ1v) is 7.15. The average molecular weight is 268 g/mol. The molecule has 1 aromatic rings. The Labute approximate surface area is 113 Å². The van der Waals surface area contributed by atoms with Gasteiger partial charge in [0.05, 0.1) is 5.02 Å². The molecule has 0 aliphatic heterocycles. The highest BCUT2D eigenvalue weighted by atomic mass is 35.5. The third-order valence-electron chi connectivity index (χ3n) is 5.05. The molecule has 2 aliphatic carbocycles. The van der Waals surface area contributed by atoms with Crippen LogP contribution in [0.15, 0.2) is 18.2 Å². The highest BCUT2D eigenvalue weighted by Crippen LogP contribution is 2.56. The zero-order valence-corrected chi connectivity index (χ0v) is 11.2. The number of rotatable bonds is 3. The largest absolute Gasteiger partial charge is 0.330 e. The van der Waals surface area contributed by atoms with Crippen molar-refractivity contribution < 1.29 is 4.39 Å². The van der Waals surface area contributed by atoms with Crippen molar-refractivity contribution >= 4 is 11.6 Å². The predicted octanol–water partition coefficient (Wildman–Crippen LogP) is 3.79. The van der Waals surface area contributed by atoms with Gasteiger partial charge in [-0.3, -0.25) is 0 Å². The molecule has 0 aromatic heterocycles. The van der Waals surface area contributed by atoms with E-state index in [0.717, 1.165) is 30.4 Å². The van der Waals surface area contributed by atoms with E-state index >= 15 is 0 Å². The maximum Gasteiger partial charge on any atom is 0.142 e. The molecule has 2 bridgehead atoms. The molecule has 1 aromatic carbocycles. The SMILES string of the molecule is NCC1(Cc2ccc(Cl)c(F)c2)CC2CCC1C2. The number of benzene rings is 1. The van der Waals surface area contributed by atoms with E-state index in [1.54, 1.807) is 12.1 Å². The van der Waals surface area contributed by atoms with Crippen LogP contribution in [0.1, 0.15) is 31.2 Å². The number of fused-ring (bicyclic) bond motifs is 2. The van der Waals surface area contributed by atoms with Crippen LogP contribution >= 0.6 is 11.6 Å². The molecule has 0 heterocycles. The van der Waals surface area contributed by atoms with Crippen LogP contribution in [0.3, 0.4) is 0 Å². The van der Waals surface area contributed by atoms with Crippen molar-refractivity contribution in [1.82, 2.24) is 0 Å². The summed E-state index contributed by atoms with van der Waals surface area (Å²) < 4.78 is 13.5. The summed E-state index contributed by atoms with van der Waals surface area (Å²) in [6.45, 7) is 0.721. The second-order valence-corrected chi connectivity index (χ2v) is 6.48. The first-order valence-electron chi connectivity index (χ1n) is 6.77. The second kappa shape index (κ2) is 4.50. The maximum absolute atomic E-state index is 13.5. The summed E-state index contributed by atoms with van der Waals surface area (Å²) >= 11 is 5.73. The van der Waals surface area contributed by atoms with Gasteiger partial charge in [-0.25, -0.2) is 4.39 Å². The van der Waals surface area contributed by atoms with E-state index in [-0.39, 0.29) is 16.3 Å². The minimum absolute atomic E-state index is 0.202. The number of hydrogen-bond acceptors (Lipinski definition) is 1. The highest BCUT2D eigenvalue weighted by molar-refractivity contribution is 6.30. The first kappa shape index (κ1) is 12.4. The van der Waals surface area contributed by atoms with Crippen molar-refractivity contribution in [2.24, 2.45) is 23.0 Å². The Morgan fingerprint density at radius 3 is 2.78 bits per heavy atom. The molecule has 3 heteroatoms. The van der Waals surface area contributed by atoms with Gasteiger partial charge in [0.25, 0.3) is 0 Å². The Hall–Kier alpha value is -0.600. The molecule has 2 N–H and O–H groups in total. The lowest BCUT2D eigenvalue weighted by Crippen LogP contribution is -2.37. The van der Waals surface area contributed by atoms with Gasteiger partial charge in [0, 0.05) is 0 Å². The Bertz CT molecular complexity index is 462. The molecule has 1 nitrogen and oxygen atoms in total. The highest BCUT2D eigenvalue weighted by Gasteiger charge is 2.49. The fourth-order valence-corrected chi connectivity index (χ4v) is 4.27. The number of nitrogens with two attached hydrogens (primary N) is 1. The van der Waals surface area contributed by atoms with E-state index < -0.39 is 0 Å². The smallest absolute Gasteiger partial charge is 0.142 e. The maximum atomic E-state index is 13.5. The van der Waals surface area contributed by atoms with Gasteiger partial charge in [-0.1, -0.05) is 24.1 Å². The molecule has 3 rings (SSSR count). The van der Waals surface area contributed by atoms with E-state index in [4.69, 9.17) is 17.3 Å². The van der Waals surface area contributed by atoms with Crippen LogP contribution in [0.4, 0.5) is 4.39 Å². The van der Waals surface area contributed by atoms with Crippen LogP contribution in [0, 0.1) is 23.1 Å². The van der Waals surface area contributed by atoms with Gasteiger partial charge in [-0.2, -0.15) is 0 Å². The zero-order valence-electron chi connectivity index (χ0n) is 10.5. The van der Waals surface area contributed by atoms with Crippen molar-refractivity contribution in [3.8, 4) is 0 Å². The monoisotopic (exact) mass is 267 g/mol. The molecule has 0 spiro atoms. The Balaban J connectivity index is 1.84. The van der Waals surface area contributed by atoms with Crippen LogP contribution in [0.25, 0.3) is 0 Å². The van der Waals surface area contributed by atoms with Crippen molar-refractivity contribution in [2.45, 2.75) is 32.1 Å². The van der Waals surface area contributed by atoms with Gasteiger partial charge < -0.3 is 5.73 Å². The molecule has 0 amide bonds. The molecule has 3 unspecified atom stereocenters. The van der Waals surface area contributed by atoms with Crippen molar-refractivity contribution in [1.29, 1.82) is 0 Å². The quantitative estimate of drug-likeness (QED) is 0.886. The van der Waals surface area contributed by atoms with Gasteiger partial charge in [-0.05, 0) is 67.2 Å². The predicted molar refractivity (Wildman–Crippen MR) is 72.0 cm³/mol. The fourth-order valence-electron chi connectivity index (χ4n) is 4.15. The summed E-state index contributed by atoms with van der Waals surface area (Å²) in [5, 5.41) is 0.202. The lowest BCUT2D eigenvalue weighted by molar-refractivity contribution is 0.171. The molecule has 0 saturated heterocycles. The molecule has 0 radical (unpaired) electrons. The van der Waals surface area contributed by atoms with E-state index in [0.29, 0.717) is 0 Å². The van der Waals surface area contributed by atoms with Crippen LogP contribution in [-0.4, -0.2) is 6.54 Å². The van der Waals surface area contributed by atoms with Crippen LogP contribution in [0.5, 0.6) is 0 Å². The van der Waals surface area contributed by atoms with Crippen LogP contribution < -0.4 is 5.73 Å². The van der Waals surface area contributed by atoms with Crippen LogP contribution in [0.2, 0.25) is 5.02 Å². The molecule has 2 aliphatic rings. The lowest BCUT2D eigenvalue weighted by atomic mass is 9.69. The topological polar surface area (TPSA) is 26.0 Å². The van der Waals surface area contributed by atoms with Gasteiger partial charge in [0.15, 0.2) is 0 Å². The van der Waals surface area contributed by atoms with E-state index in [2.05, 4.69) is 0 Å². The van der Waals surface area contributed by atoms with E-state index in [1.807, 2.05) is 6.07 Å². The first-order chi connectivity index (χ1) is 8.63. The fraction of sp³-hybridized carbons (Fsp3) is 0.600. The minimum Gasteiger partial charge on any atom is -0.330 e. The second-order valence-electron chi connectivity index (χ2n) is 6.07. The van der Waals surface area contributed by atoms with Crippen molar-refractivity contribution in [2.75, 3.05) is 6.54 Å². The van der Waals surface area contributed by atoms with Gasteiger partial charge >= 0.3 is 0 Å². The van der Waals surface area contributed by atoms with Gasteiger partial charge in [0.1, 0.15) is 5.82 Å². The molecule has 3 atom stereocenters. The van der Waals surface area contributed by atoms with Crippen molar-refractivity contribution in [3.05, 3.63) is 34.6 Å². The summed E-state index contributed by atoms with van der Waals surface area (Å²) in [5.74, 6) is 1.28. The molecular formula is C15H19ClFN. The van der Waals surface area contributed by atoms with E-state index in [9.17, 15) is 4.39 Å².